The molecule has 0 saturated heterocycles. The normalized spacial score (nSPS) is 17.9. The zero-order valence-corrected chi connectivity index (χ0v) is 9.24. The summed E-state index contributed by atoms with van der Waals surface area (Å²) in [5, 5.41) is 9.56. The standard InChI is InChI=1S/C10H8BrF3O/c11-7-8(13)5(3-6(12)9(7)14)4-10(15)1-2-10/h3,15H,1-2,4H2. The van der Waals surface area contributed by atoms with Crippen LogP contribution in [0, 0.1) is 17.5 Å². The van der Waals surface area contributed by atoms with Crippen LogP contribution in [0.15, 0.2) is 10.5 Å². The molecule has 1 aromatic carbocycles. The van der Waals surface area contributed by atoms with Gasteiger partial charge in [-0.2, -0.15) is 0 Å². The summed E-state index contributed by atoms with van der Waals surface area (Å²) in [4.78, 5) is 0. The number of benzene rings is 1. The van der Waals surface area contributed by atoms with Crippen LogP contribution in [0.25, 0.3) is 0 Å². The van der Waals surface area contributed by atoms with Crippen LogP contribution in [-0.2, 0) is 6.42 Å². The van der Waals surface area contributed by atoms with Crippen molar-refractivity contribution >= 4 is 15.9 Å². The van der Waals surface area contributed by atoms with E-state index in [0.29, 0.717) is 12.8 Å². The van der Waals surface area contributed by atoms with Crippen molar-refractivity contribution in [2.24, 2.45) is 0 Å². The zero-order chi connectivity index (χ0) is 11.2. The average Bonchev–Trinajstić information content (AvgIpc) is 2.89. The van der Waals surface area contributed by atoms with E-state index in [-0.39, 0.29) is 12.0 Å². The van der Waals surface area contributed by atoms with Crippen LogP contribution in [-0.4, -0.2) is 10.7 Å². The zero-order valence-electron chi connectivity index (χ0n) is 7.66. The molecule has 1 fully saturated rings. The second-order valence-electron chi connectivity index (χ2n) is 3.86. The molecule has 82 valence electrons. The Hall–Kier alpha value is -0.550. The molecule has 15 heavy (non-hydrogen) atoms. The summed E-state index contributed by atoms with van der Waals surface area (Å²) in [5.41, 5.74) is -0.925. The van der Waals surface area contributed by atoms with Crippen LogP contribution >= 0.6 is 15.9 Å². The third kappa shape index (κ3) is 2.03. The molecular formula is C10H8BrF3O. The summed E-state index contributed by atoms with van der Waals surface area (Å²) in [7, 11) is 0. The first-order chi connectivity index (χ1) is 6.93. The Morgan fingerprint density at radius 3 is 2.40 bits per heavy atom. The number of hydrogen-bond donors (Lipinski definition) is 1. The second-order valence-corrected chi connectivity index (χ2v) is 4.65. The van der Waals surface area contributed by atoms with Gasteiger partial charge in [0, 0.05) is 6.42 Å². The van der Waals surface area contributed by atoms with Gasteiger partial charge in [-0.3, -0.25) is 0 Å². The summed E-state index contributed by atoms with van der Waals surface area (Å²) in [6.45, 7) is 0. The lowest BCUT2D eigenvalue weighted by Gasteiger charge is -2.10. The van der Waals surface area contributed by atoms with Crippen molar-refractivity contribution in [1.82, 2.24) is 0 Å². The fourth-order valence-corrected chi connectivity index (χ4v) is 1.87. The Labute approximate surface area is 93.0 Å². The Morgan fingerprint density at radius 2 is 1.87 bits per heavy atom. The molecule has 5 heteroatoms. The van der Waals surface area contributed by atoms with Crippen molar-refractivity contribution < 1.29 is 18.3 Å². The van der Waals surface area contributed by atoms with Crippen LogP contribution < -0.4 is 0 Å². The van der Waals surface area contributed by atoms with Gasteiger partial charge in [0.05, 0.1) is 10.1 Å². The van der Waals surface area contributed by atoms with Gasteiger partial charge in [0.1, 0.15) is 5.82 Å². The second kappa shape index (κ2) is 3.49. The van der Waals surface area contributed by atoms with Gasteiger partial charge < -0.3 is 5.11 Å². The molecule has 0 bridgehead atoms. The van der Waals surface area contributed by atoms with Gasteiger partial charge in [-0.25, -0.2) is 13.2 Å². The summed E-state index contributed by atoms with van der Waals surface area (Å²) >= 11 is 2.64. The highest BCUT2D eigenvalue weighted by Crippen LogP contribution is 2.39. The number of hydrogen-bond acceptors (Lipinski definition) is 1. The fraction of sp³-hybridized carbons (Fsp3) is 0.400. The molecule has 1 aromatic rings. The van der Waals surface area contributed by atoms with Gasteiger partial charge in [0.2, 0.25) is 0 Å². The van der Waals surface area contributed by atoms with Crippen molar-refractivity contribution in [3.8, 4) is 0 Å². The van der Waals surface area contributed by atoms with E-state index in [0.717, 1.165) is 6.07 Å². The molecular weight excluding hydrogens is 273 g/mol. The van der Waals surface area contributed by atoms with Crippen LogP contribution in [0.5, 0.6) is 0 Å². The monoisotopic (exact) mass is 280 g/mol. The summed E-state index contributed by atoms with van der Waals surface area (Å²) in [6.07, 6.45) is 1.17. The molecule has 1 aliphatic rings. The largest absolute Gasteiger partial charge is 0.390 e. The van der Waals surface area contributed by atoms with Crippen LogP contribution in [0.4, 0.5) is 13.2 Å². The quantitative estimate of drug-likeness (QED) is 0.652. The number of halogens is 4. The molecule has 1 aliphatic carbocycles. The van der Waals surface area contributed by atoms with E-state index >= 15 is 0 Å². The maximum absolute atomic E-state index is 13.4. The van der Waals surface area contributed by atoms with Crippen molar-refractivity contribution in [3.63, 3.8) is 0 Å². The highest BCUT2D eigenvalue weighted by atomic mass is 79.9. The third-order valence-corrected chi connectivity index (χ3v) is 3.22. The summed E-state index contributed by atoms with van der Waals surface area (Å²) in [6, 6.07) is 0.797. The molecule has 0 atom stereocenters. The van der Waals surface area contributed by atoms with Gasteiger partial charge >= 0.3 is 0 Å². The van der Waals surface area contributed by atoms with Crippen molar-refractivity contribution in [1.29, 1.82) is 0 Å². The predicted molar refractivity (Wildman–Crippen MR) is 51.9 cm³/mol. The molecule has 0 aliphatic heterocycles. The minimum atomic E-state index is -1.24. The van der Waals surface area contributed by atoms with E-state index in [2.05, 4.69) is 15.9 Å². The molecule has 0 spiro atoms. The number of aliphatic hydroxyl groups is 1. The van der Waals surface area contributed by atoms with E-state index in [1.165, 1.54) is 0 Å². The molecule has 0 amide bonds. The first-order valence-electron chi connectivity index (χ1n) is 4.47. The Bertz CT molecular complexity index is 416. The van der Waals surface area contributed by atoms with Gasteiger partial charge in [0.25, 0.3) is 0 Å². The highest BCUT2D eigenvalue weighted by molar-refractivity contribution is 9.10. The lowest BCUT2D eigenvalue weighted by atomic mass is 10.1. The first-order valence-corrected chi connectivity index (χ1v) is 5.26. The molecule has 0 heterocycles. The van der Waals surface area contributed by atoms with E-state index in [1.807, 2.05) is 0 Å². The van der Waals surface area contributed by atoms with Crippen LogP contribution in [0.1, 0.15) is 18.4 Å². The average molecular weight is 281 g/mol. The molecule has 2 rings (SSSR count). The molecule has 0 radical (unpaired) electrons. The lowest BCUT2D eigenvalue weighted by Crippen LogP contribution is -2.13. The SMILES string of the molecule is OC1(Cc2cc(F)c(F)c(Br)c2F)CC1. The van der Waals surface area contributed by atoms with E-state index in [1.54, 1.807) is 0 Å². The maximum atomic E-state index is 13.4. The maximum Gasteiger partial charge on any atom is 0.175 e. The van der Waals surface area contributed by atoms with Gasteiger partial charge in [-0.1, -0.05) is 0 Å². The summed E-state index contributed by atoms with van der Waals surface area (Å²) in [5.74, 6) is -3.18. The smallest absolute Gasteiger partial charge is 0.175 e. The molecule has 1 saturated carbocycles. The number of rotatable bonds is 2. The van der Waals surface area contributed by atoms with Gasteiger partial charge in [-0.15, -0.1) is 0 Å². The Morgan fingerprint density at radius 1 is 1.27 bits per heavy atom. The summed E-state index contributed by atoms with van der Waals surface area (Å²) < 4.78 is 38.8. The van der Waals surface area contributed by atoms with Gasteiger partial charge in [0.15, 0.2) is 11.6 Å². The molecule has 0 unspecified atom stereocenters. The molecule has 1 nitrogen and oxygen atoms in total. The predicted octanol–water partition coefficient (Wildman–Crippen LogP) is 2.93. The van der Waals surface area contributed by atoms with E-state index in [9.17, 15) is 18.3 Å². The van der Waals surface area contributed by atoms with Gasteiger partial charge in [-0.05, 0) is 40.4 Å². The van der Waals surface area contributed by atoms with Crippen molar-refractivity contribution in [3.05, 3.63) is 33.6 Å². The fourth-order valence-electron chi connectivity index (χ4n) is 1.43. The van der Waals surface area contributed by atoms with E-state index < -0.39 is 27.5 Å². The highest BCUT2D eigenvalue weighted by Gasteiger charge is 2.41. The van der Waals surface area contributed by atoms with Crippen molar-refractivity contribution in [2.45, 2.75) is 24.9 Å². The first kappa shape index (κ1) is 11.0. The van der Waals surface area contributed by atoms with E-state index in [4.69, 9.17) is 0 Å². The Kier molecular flexibility index (Phi) is 2.55. The molecule has 0 aromatic heterocycles. The lowest BCUT2D eigenvalue weighted by molar-refractivity contribution is 0.149. The van der Waals surface area contributed by atoms with Crippen LogP contribution in [0.2, 0.25) is 0 Å². The van der Waals surface area contributed by atoms with Crippen LogP contribution in [0.3, 0.4) is 0 Å². The van der Waals surface area contributed by atoms with Crippen molar-refractivity contribution in [2.75, 3.05) is 0 Å². The Balaban J connectivity index is 2.39. The minimum absolute atomic E-state index is 0.000718. The molecule has 1 N–H and O–H groups in total. The third-order valence-electron chi connectivity index (χ3n) is 2.52. The topological polar surface area (TPSA) is 20.2 Å². The minimum Gasteiger partial charge on any atom is -0.390 e.